The summed E-state index contributed by atoms with van der Waals surface area (Å²) in [4.78, 5) is 15.6. The van der Waals surface area contributed by atoms with Crippen LogP contribution >= 0.6 is 11.6 Å². The maximum Gasteiger partial charge on any atom is 0.331 e. The molecule has 0 saturated heterocycles. The summed E-state index contributed by atoms with van der Waals surface area (Å²) in [6.45, 7) is 1.92. The number of halogens is 3. The van der Waals surface area contributed by atoms with Crippen LogP contribution in [0.4, 0.5) is 8.78 Å². The van der Waals surface area contributed by atoms with Crippen molar-refractivity contribution in [2.45, 2.75) is 32.1 Å². The van der Waals surface area contributed by atoms with Crippen LogP contribution in [-0.4, -0.2) is 23.5 Å². The lowest BCUT2D eigenvalue weighted by molar-refractivity contribution is -0.137. The van der Waals surface area contributed by atoms with Gasteiger partial charge in [-0.25, -0.2) is 13.6 Å². The number of nitrogens with zero attached hydrogens (tertiary/aromatic N) is 1. The number of carbonyl (C=O) groups is 1. The summed E-state index contributed by atoms with van der Waals surface area (Å²) in [6, 6.07) is 1.63. The second kappa shape index (κ2) is 6.52. The molecule has 0 spiro atoms. The Morgan fingerprint density at radius 1 is 1.62 bits per heavy atom. The van der Waals surface area contributed by atoms with Gasteiger partial charge in [0.15, 0.2) is 0 Å². The summed E-state index contributed by atoms with van der Waals surface area (Å²) < 4.78 is 31.8. The molecule has 3 nitrogen and oxygen atoms in total. The summed E-state index contributed by atoms with van der Waals surface area (Å²) in [5, 5.41) is 0.336. The number of hydrogen-bond acceptors (Lipinski definition) is 3. The molecule has 1 aliphatic rings. The molecule has 0 amide bonds. The first-order valence-electron chi connectivity index (χ1n) is 6.79. The first-order chi connectivity index (χ1) is 9.93. The van der Waals surface area contributed by atoms with E-state index in [2.05, 4.69) is 4.98 Å². The molecule has 0 bridgehead atoms. The third-order valence-electron chi connectivity index (χ3n) is 3.49. The van der Waals surface area contributed by atoms with E-state index >= 15 is 0 Å². The zero-order valence-electron chi connectivity index (χ0n) is 11.6. The molecule has 0 aromatic carbocycles. The maximum atomic E-state index is 13.5. The zero-order chi connectivity index (χ0) is 15.5. The second-order valence-corrected chi connectivity index (χ2v) is 5.41. The van der Waals surface area contributed by atoms with Crippen LogP contribution in [0, 0.1) is 5.92 Å². The standard InChI is InChI=1S/C15H16ClF2NO2/c1-2-21-14(20)7-12(10-3-5-15(17,18)8-10)11-4-6-19-9-13(11)16/h4,6-7,9-10H,2-3,5,8H2,1H3/b12-7-. The molecule has 1 atom stereocenters. The van der Waals surface area contributed by atoms with Crippen LogP contribution in [0.3, 0.4) is 0 Å². The molecular formula is C15H16ClF2NO2. The molecular weight excluding hydrogens is 300 g/mol. The summed E-state index contributed by atoms with van der Waals surface area (Å²) in [5.41, 5.74) is 1.06. The van der Waals surface area contributed by atoms with Crippen LogP contribution in [0.15, 0.2) is 24.5 Å². The lowest BCUT2D eigenvalue weighted by Gasteiger charge is -2.16. The van der Waals surface area contributed by atoms with Crippen LogP contribution in [0.2, 0.25) is 5.02 Å². The Kier molecular flexibility index (Phi) is 4.93. The Morgan fingerprint density at radius 3 is 2.95 bits per heavy atom. The van der Waals surface area contributed by atoms with Crippen LogP contribution in [0.25, 0.3) is 5.57 Å². The zero-order valence-corrected chi connectivity index (χ0v) is 12.4. The largest absolute Gasteiger partial charge is 0.463 e. The predicted octanol–water partition coefficient (Wildman–Crippen LogP) is 4.12. The highest BCUT2D eigenvalue weighted by atomic mass is 35.5. The van der Waals surface area contributed by atoms with Crippen LogP contribution in [0.5, 0.6) is 0 Å². The molecule has 2 rings (SSSR count). The number of allylic oxidation sites excluding steroid dienone is 1. The summed E-state index contributed by atoms with van der Waals surface area (Å²) in [7, 11) is 0. The molecule has 1 fully saturated rings. The summed E-state index contributed by atoms with van der Waals surface area (Å²) >= 11 is 6.09. The van der Waals surface area contributed by atoms with Gasteiger partial charge in [0.05, 0.1) is 11.6 Å². The van der Waals surface area contributed by atoms with Gasteiger partial charge >= 0.3 is 5.97 Å². The molecule has 6 heteroatoms. The van der Waals surface area contributed by atoms with Gasteiger partial charge in [0.25, 0.3) is 0 Å². The van der Waals surface area contributed by atoms with Crippen molar-refractivity contribution in [3.05, 3.63) is 35.1 Å². The van der Waals surface area contributed by atoms with Crippen molar-refractivity contribution >= 4 is 23.1 Å². The predicted molar refractivity (Wildman–Crippen MR) is 76.1 cm³/mol. The van der Waals surface area contributed by atoms with E-state index in [0.29, 0.717) is 22.6 Å². The van der Waals surface area contributed by atoms with Gasteiger partial charge in [0.1, 0.15) is 0 Å². The fraction of sp³-hybridized carbons (Fsp3) is 0.467. The first-order valence-corrected chi connectivity index (χ1v) is 7.17. The Bertz CT molecular complexity index is 560. The number of hydrogen-bond donors (Lipinski definition) is 0. The second-order valence-electron chi connectivity index (χ2n) is 5.00. The van der Waals surface area contributed by atoms with Crippen LogP contribution < -0.4 is 0 Å². The molecule has 1 unspecified atom stereocenters. The molecule has 0 aliphatic heterocycles. The Balaban J connectivity index is 2.36. The smallest absolute Gasteiger partial charge is 0.331 e. The van der Waals surface area contributed by atoms with Crippen molar-refractivity contribution in [2.75, 3.05) is 6.61 Å². The fourth-order valence-electron chi connectivity index (χ4n) is 2.55. The molecule has 1 aromatic heterocycles. The molecule has 1 aromatic rings. The number of pyridine rings is 1. The number of aromatic nitrogens is 1. The minimum Gasteiger partial charge on any atom is -0.463 e. The fourth-order valence-corrected chi connectivity index (χ4v) is 2.78. The minimum atomic E-state index is -2.70. The monoisotopic (exact) mass is 315 g/mol. The number of alkyl halides is 2. The van der Waals surface area contributed by atoms with Gasteiger partial charge in [-0.15, -0.1) is 0 Å². The summed E-state index contributed by atoms with van der Waals surface area (Å²) in [6.07, 6.45) is 4.08. The van der Waals surface area contributed by atoms with Gasteiger partial charge in [0.2, 0.25) is 5.92 Å². The molecule has 1 saturated carbocycles. The molecule has 21 heavy (non-hydrogen) atoms. The Morgan fingerprint density at radius 2 is 2.38 bits per heavy atom. The first kappa shape index (κ1) is 15.9. The molecule has 0 N–H and O–H groups in total. The number of rotatable bonds is 4. The third-order valence-corrected chi connectivity index (χ3v) is 3.79. The third kappa shape index (κ3) is 4.00. The van der Waals surface area contributed by atoms with E-state index in [0.717, 1.165) is 0 Å². The minimum absolute atomic E-state index is 0.180. The van der Waals surface area contributed by atoms with E-state index in [1.807, 2.05) is 0 Å². The van der Waals surface area contributed by atoms with Crippen molar-refractivity contribution < 1.29 is 18.3 Å². The van der Waals surface area contributed by atoms with Gasteiger partial charge < -0.3 is 4.74 Å². The number of esters is 1. The Hall–Kier alpha value is -1.49. The molecule has 1 aliphatic carbocycles. The van der Waals surface area contributed by atoms with E-state index in [9.17, 15) is 13.6 Å². The highest BCUT2D eigenvalue weighted by molar-refractivity contribution is 6.32. The van der Waals surface area contributed by atoms with E-state index in [-0.39, 0.29) is 19.4 Å². The van der Waals surface area contributed by atoms with Gasteiger partial charge in [-0.3, -0.25) is 4.98 Å². The maximum absolute atomic E-state index is 13.5. The van der Waals surface area contributed by atoms with E-state index in [1.54, 1.807) is 13.0 Å². The number of carbonyl (C=O) groups excluding carboxylic acids is 1. The SMILES string of the molecule is CCOC(=O)/C=C(\c1ccncc1Cl)C1CCC(F)(F)C1. The van der Waals surface area contributed by atoms with E-state index < -0.39 is 17.8 Å². The van der Waals surface area contributed by atoms with Gasteiger partial charge in [-0.05, 0) is 36.5 Å². The number of ether oxygens (including phenoxy) is 1. The normalized spacial score (nSPS) is 21.3. The topological polar surface area (TPSA) is 39.2 Å². The van der Waals surface area contributed by atoms with Crippen molar-refractivity contribution in [2.24, 2.45) is 5.92 Å². The van der Waals surface area contributed by atoms with Crippen molar-refractivity contribution in [3.63, 3.8) is 0 Å². The summed E-state index contributed by atoms with van der Waals surface area (Å²) in [5.74, 6) is -3.65. The lowest BCUT2D eigenvalue weighted by Crippen LogP contribution is -2.11. The highest BCUT2D eigenvalue weighted by Crippen LogP contribution is 2.45. The van der Waals surface area contributed by atoms with E-state index in [4.69, 9.17) is 16.3 Å². The van der Waals surface area contributed by atoms with E-state index in [1.165, 1.54) is 18.5 Å². The average Bonchev–Trinajstić information content (AvgIpc) is 2.77. The highest BCUT2D eigenvalue weighted by Gasteiger charge is 2.41. The van der Waals surface area contributed by atoms with Crippen molar-refractivity contribution in [1.29, 1.82) is 0 Å². The van der Waals surface area contributed by atoms with Crippen LogP contribution in [0.1, 0.15) is 31.7 Å². The van der Waals surface area contributed by atoms with Gasteiger partial charge in [-0.1, -0.05) is 11.6 Å². The van der Waals surface area contributed by atoms with Crippen molar-refractivity contribution in [1.82, 2.24) is 4.98 Å². The molecule has 1 heterocycles. The Labute approximate surface area is 127 Å². The van der Waals surface area contributed by atoms with Gasteiger partial charge in [-0.2, -0.15) is 0 Å². The van der Waals surface area contributed by atoms with Gasteiger partial charge in [0, 0.05) is 31.3 Å². The molecule has 0 radical (unpaired) electrons. The van der Waals surface area contributed by atoms with Crippen LogP contribution in [-0.2, 0) is 9.53 Å². The lowest BCUT2D eigenvalue weighted by atomic mass is 9.91. The average molecular weight is 316 g/mol. The van der Waals surface area contributed by atoms with Crippen molar-refractivity contribution in [3.8, 4) is 0 Å². The quantitative estimate of drug-likeness (QED) is 0.620. The molecule has 114 valence electrons.